The van der Waals surface area contributed by atoms with E-state index in [1.807, 2.05) is 13.8 Å². The Labute approximate surface area is 121 Å². The second kappa shape index (κ2) is 5.45. The second-order valence-electron chi connectivity index (χ2n) is 7.14. The van der Waals surface area contributed by atoms with Crippen LogP contribution in [0.1, 0.15) is 46.6 Å². The Morgan fingerprint density at radius 2 is 1.70 bits per heavy atom. The smallest absolute Gasteiger partial charge is 0.207 e. The summed E-state index contributed by atoms with van der Waals surface area (Å²) in [6.45, 7) is 11.4. The molecule has 0 amide bonds. The standard InChI is InChI=1S/C15H24FNO2S/c1-11-9-12(7-8-13(11)16)20(18,19)17-15(5,6)10-14(2,3)4/h7-9,17H,10H2,1-6H3. The molecule has 1 aromatic carbocycles. The molecule has 1 rings (SSSR count). The predicted molar refractivity (Wildman–Crippen MR) is 79.6 cm³/mol. The van der Waals surface area contributed by atoms with Crippen LogP contribution in [0.15, 0.2) is 23.1 Å². The normalized spacial score (nSPS) is 13.6. The number of rotatable bonds is 4. The van der Waals surface area contributed by atoms with Crippen molar-refractivity contribution in [3.05, 3.63) is 29.6 Å². The summed E-state index contributed by atoms with van der Waals surface area (Å²) < 4.78 is 40.7. The Morgan fingerprint density at radius 1 is 1.15 bits per heavy atom. The molecule has 0 atom stereocenters. The van der Waals surface area contributed by atoms with Crippen LogP contribution in [0.5, 0.6) is 0 Å². The van der Waals surface area contributed by atoms with E-state index in [4.69, 9.17) is 0 Å². The van der Waals surface area contributed by atoms with Gasteiger partial charge in [0.05, 0.1) is 4.90 Å². The van der Waals surface area contributed by atoms with E-state index >= 15 is 0 Å². The van der Waals surface area contributed by atoms with Gasteiger partial charge in [0.15, 0.2) is 0 Å². The molecule has 1 N–H and O–H groups in total. The summed E-state index contributed by atoms with van der Waals surface area (Å²) in [5.74, 6) is -0.405. The maximum atomic E-state index is 13.2. The molecule has 3 nitrogen and oxygen atoms in total. The topological polar surface area (TPSA) is 46.2 Å². The molecule has 0 radical (unpaired) electrons. The van der Waals surface area contributed by atoms with Crippen LogP contribution in [0, 0.1) is 18.2 Å². The van der Waals surface area contributed by atoms with E-state index in [1.54, 1.807) is 6.92 Å². The fourth-order valence-electron chi connectivity index (χ4n) is 2.57. The lowest BCUT2D eigenvalue weighted by Crippen LogP contribution is -2.45. The molecule has 0 saturated heterocycles. The van der Waals surface area contributed by atoms with Gasteiger partial charge in [-0.25, -0.2) is 17.5 Å². The zero-order valence-electron chi connectivity index (χ0n) is 13.0. The van der Waals surface area contributed by atoms with Crippen molar-refractivity contribution in [2.24, 2.45) is 5.41 Å². The quantitative estimate of drug-likeness (QED) is 0.923. The van der Waals surface area contributed by atoms with Gasteiger partial charge in [0.2, 0.25) is 10.0 Å². The number of hydrogen-bond acceptors (Lipinski definition) is 2. The molecule has 0 fully saturated rings. The average molecular weight is 301 g/mol. The largest absolute Gasteiger partial charge is 0.241 e. The zero-order chi connectivity index (χ0) is 15.8. The van der Waals surface area contributed by atoms with Crippen molar-refractivity contribution in [2.75, 3.05) is 0 Å². The maximum Gasteiger partial charge on any atom is 0.241 e. The molecule has 1 aromatic rings. The van der Waals surface area contributed by atoms with Crippen LogP contribution in [-0.4, -0.2) is 14.0 Å². The number of sulfonamides is 1. The molecule has 0 saturated carbocycles. The van der Waals surface area contributed by atoms with E-state index < -0.39 is 21.4 Å². The summed E-state index contributed by atoms with van der Waals surface area (Å²) >= 11 is 0. The highest BCUT2D eigenvalue weighted by atomic mass is 32.2. The van der Waals surface area contributed by atoms with E-state index in [-0.39, 0.29) is 10.3 Å². The van der Waals surface area contributed by atoms with Gasteiger partial charge >= 0.3 is 0 Å². The Bertz CT molecular complexity index is 586. The Kier molecular flexibility index (Phi) is 4.66. The Balaban J connectivity index is 3.03. The van der Waals surface area contributed by atoms with Crippen LogP contribution < -0.4 is 4.72 Å². The third-order valence-corrected chi connectivity index (χ3v) is 4.52. The van der Waals surface area contributed by atoms with Crippen LogP contribution in [-0.2, 0) is 10.0 Å². The van der Waals surface area contributed by atoms with Gasteiger partial charge < -0.3 is 0 Å². The summed E-state index contributed by atoms with van der Waals surface area (Å²) in [4.78, 5) is 0.0957. The van der Waals surface area contributed by atoms with Crippen LogP contribution in [0.3, 0.4) is 0 Å². The second-order valence-corrected chi connectivity index (χ2v) is 8.82. The highest BCUT2D eigenvalue weighted by molar-refractivity contribution is 7.89. The van der Waals surface area contributed by atoms with Crippen LogP contribution >= 0.6 is 0 Å². The number of hydrogen-bond donors (Lipinski definition) is 1. The van der Waals surface area contributed by atoms with Crippen molar-refractivity contribution < 1.29 is 12.8 Å². The molecular weight excluding hydrogens is 277 g/mol. The molecule has 20 heavy (non-hydrogen) atoms. The highest BCUT2D eigenvalue weighted by Crippen LogP contribution is 2.28. The summed E-state index contributed by atoms with van der Waals surface area (Å²) in [5.41, 5.74) is -0.245. The van der Waals surface area contributed by atoms with E-state index in [0.29, 0.717) is 12.0 Å². The van der Waals surface area contributed by atoms with Gasteiger partial charge in [-0.3, -0.25) is 0 Å². The third-order valence-electron chi connectivity index (χ3n) is 2.82. The van der Waals surface area contributed by atoms with Crippen molar-refractivity contribution >= 4 is 10.0 Å². The SMILES string of the molecule is Cc1cc(S(=O)(=O)NC(C)(C)CC(C)(C)C)ccc1F. The van der Waals surface area contributed by atoms with Crippen molar-refractivity contribution in [1.82, 2.24) is 4.72 Å². The molecule has 0 aliphatic heterocycles. The molecule has 0 spiro atoms. The molecule has 0 bridgehead atoms. The van der Waals surface area contributed by atoms with Crippen molar-refractivity contribution in [2.45, 2.75) is 58.4 Å². The molecule has 0 aliphatic carbocycles. The molecule has 5 heteroatoms. The van der Waals surface area contributed by atoms with Gasteiger partial charge in [0, 0.05) is 5.54 Å². The molecular formula is C15H24FNO2S. The lowest BCUT2D eigenvalue weighted by atomic mass is 9.82. The minimum absolute atomic E-state index is 0.00470. The lowest BCUT2D eigenvalue weighted by molar-refractivity contribution is 0.269. The molecule has 0 unspecified atom stereocenters. The zero-order valence-corrected chi connectivity index (χ0v) is 13.9. The van der Waals surface area contributed by atoms with Crippen LogP contribution in [0.25, 0.3) is 0 Å². The third kappa shape index (κ3) is 4.87. The van der Waals surface area contributed by atoms with Crippen molar-refractivity contribution in [1.29, 1.82) is 0 Å². The van der Waals surface area contributed by atoms with E-state index in [2.05, 4.69) is 25.5 Å². The van der Waals surface area contributed by atoms with Gasteiger partial charge in [-0.2, -0.15) is 0 Å². The summed E-state index contributed by atoms with van der Waals surface area (Å²) in [7, 11) is -3.65. The van der Waals surface area contributed by atoms with Crippen molar-refractivity contribution in [3.63, 3.8) is 0 Å². The molecule has 114 valence electrons. The van der Waals surface area contributed by atoms with Gasteiger partial charge in [0.25, 0.3) is 0 Å². The van der Waals surface area contributed by atoms with Gasteiger partial charge in [-0.05, 0) is 56.4 Å². The number of nitrogens with one attached hydrogen (secondary N) is 1. The fourth-order valence-corrected chi connectivity index (χ4v) is 4.07. The van der Waals surface area contributed by atoms with Crippen LogP contribution in [0.2, 0.25) is 0 Å². The number of halogens is 1. The van der Waals surface area contributed by atoms with Crippen molar-refractivity contribution in [3.8, 4) is 0 Å². The summed E-state index contributed by atoms with van der Waals surface area (Å²) in [5, 5.41) is 0. The van der Waals surface area contributed by atoms with Gasteiger partial charge in [0.1, 0.15) is 5.82 Å². The first-order chi connectivity index (χ1) is 8.82. The molecule has 0 aromatic heterocycles. The first-order valence-electron chi connectivity index (χ1n) is 6.63. The Morgan fingerprint density at radius 3 is 2.15 bits per heavy atom. The van der Waals surface area contributed by atoms with E-state index in [1.165, 1.54) is 18.2 Å². The minimum atomic E-state index is -3.65. The van der Waals surface area contributed by atoms with Gasteiger partial charge in [-0.1, -0.05) is 20.8 Å². The van der Waals surface area contributed by atoms with Crippen LogP contribution in [0.4, 0.5) is 4.39 Å². The Hall–Kier alpha value is -0.940. The number of benzene rings is 1. The predicted octanol–water partition coefficient (Wildman–Crippen LogP) is 3.63. The first kappa shape index (κ1) is 17.1. The number of aryl methyl sites for hydroxylation is 1. The van der Waals surface area contributed by atoms with E-state index in [9.17, 15) is 12.8 Å². The molecule has 0 aliphatic rings. The lowest BCUT2D eigenvalue weighted by Gasteiger charge is -2.33. The monoisotopic (exact) mass is 301 g/mol. The highest BCUT2D eigenvalue weighted by Gasteiger charge is 2.30. The maximum absolute atomic E-state index is 13.2. The summed E-state index contributed by atoms with van der Waals surface area (Å²) in [6.07, 6.45) is 0.694. The average Bonchev–Trinajstić information content (AvgIpc) is 2.16. The van der Waals surface area contributed by atoms with E-state index in [0.717, 1.165) is 0 Å². The summed E-state index contributed by atoms with van der Waals surface area (Å²) in [6, 6.07) is 3.82. The van der Waals surface area contributed by atoms with Gasteiger partial charge in [-0.15, -0.1) is 0 Å². The molecule has 0 heterocycles. The fraction of sp³-hybridized carbons (Fsp3) is 0.600. The minimum Gasteiger partial charge on any atom is -0.207 e. The first-order valence-corrected chi connectivity index (χ1v) is 8.11.